The number of benzene rings is 2. The van der Waals surface area contributed by atoms with Crippen LogP contribution in [0.2, 0.25) is 0 Å². The number of halogens is 2. The second-order valence-electron chi connectivity index (χ2n) is 6.40. The molecule has 1 aliphatic heterocycles. The van der Waals surface area contributed by atoms with Gasteiger partial charge >= 0.3 is 0 Å². The number of nitrogens with zero attached hydrogens (tertiary/aromatic N) is 2. The largest absolute Gasteiger partial charge is 0.371 e. The fourth-order valence-electron chi connectivity index (χ4n) is 3.15. The van der Waals surface area contributed by atoms with E-state index in [0.717, 1.165) is 30.4 Å². The van der Waals surface area contributed by atoms with Gasteiger partial charge in [-0.2, -0.15) is 0 Å². The van der Waals surface area contributed by atoms with Crippen LogP contribution in [0.3, 0.4) is 0 Å². The monoisotopic (exact) mass is 418 g/mol. The first kappa shape index (κ1) is 18.7. The number of guanidine groups is 1. The van der Waals surface area contributed by atoms with E-state index in [4.69, 9.17) is 0 Å². The van der Waals surface area contributed by atoms with Crippen LogP contribution in [0.25, 0.3) is 0 Å². The average Bonchev–Trinajstić information content (AvgIpc) is 2.67. The molecule has 0 saturated carbocycles. The first-order chi connectivity index (χ1) is 12.7. The summed E-state index contributed by atoms with van der Waals surface area (Å²) in [6.45, 7) is 2.43. The highest BCUT2D eigenvalue weighted by atomic mass is 79.9. The molecule has 2 N–H and O–H groups in total. The summed E-state index contributed by atoms with van der Waals surface area (Å²) < 4.78 is 14.7. The van der Waals surface area contributed by atoms with Crippen LogP contribution in [-0.4, -0.2) is 32.1 Å². The highest BCUT2D eigenvalue weighted by molar-refractivity contribution is 9.10. The zero-order valence-corrected chi connectivity index (χ0v) is 16.5. The first-order valence-corrected chi connectivity index (χ1v) is 9.66. The van der Waals surface area contributed by atoms with E-state index in [1.165, 1.54) is 11.8 Å². The van der Waals surface area contributed by atoms with E-state index in [2.05, 4.69) is 60.7 Å². The van der Waals surface area contributed by atoms with Crippen molar-refractivity contribution in [1.29, 1.82) is 0 Å². The van der Waals surface area contributed by atoms with Crippen LogP contribution < -0.4 is 15.5 Å². The van der Waals surface area contributed by atoms with Crippen molar-refractivity contribution in [2.45, 2.75) is 25.4 Å². The van der Waals surface area contributed by atoms with Gasteiger partial charge in [0.2, 0.25) is 0 Å². The van der Waals surface area contributed by atoms with E-state index in [0.29, 0.717) is 24.1 Å². The number of piperidine rings is 1. The molecule has 0 spiro atoms. The zero-order valence-electron chi connectivity index (χ0n) is 14.9. The quantitative estimate of drug-likeness (QED) is 0.583. The number of hydrogen-bond donors (Lipinski definition) is 2. The van der Waals surface area contributed by atoms with Crippen LogP contribution in [0.1, 0.15) is 18.4 Å². The average molecular weight is 419 g/mol. The van der Waals surface area contributed by atoms with E-state index in [-0.39, 0.29) is 5.82 Å². The molecule has 26 heavy (non-hydrogen) atoms. The van der Waals surface area contributed by atoms with Crippen molar-refractivity contribution in [1.82, 2.24) is 10.6 Å². The maximum absolute atomic E-state index is 13.9. The van der Waals surface area contributed by atoms with Crippen molar-refractivity contribution < 1.29 is 4.39 Å². The van der Waals surface area contributed by atoms with Gasteiger partial charge in [0, 0.05) is 48.4 Å². The Kier molecular flexibility index (Phi) is 6.50. The molecule has 6 heteroatoms. The van der Waals surface area contributed by atoms with Gasteiger partial charge in [-0.3, -0.25) is 4.99 Å². The minimum atomic E-state index is -0.224. The minimum Gasteiger partial charge on any atom is -0.371 e. The third kappa shape index (κ3) is 4.97. The number of rotatable bonds is 4. The summed E-state index contributed by atoms with van der Waals surface area (Å²) in [6.07, 6.45) is 2.09. The number of aliphatic imine (C=N–C) groups is 1. The topological polar surface area (TPSA) is 39.7 Å². The van der Waals surface area contributed by atoms with Gasteiger partial charge in [0.05, 0.1) is 0 Å². The van der Waals surface area contributed by atoms with Crippen LogP contribution in [0.5, 0.6) is 0 Å². The molecule has 138 valence electrons. The van der Waals surface area contributed by atoms with Crippen molar-refractivity contribution in [2.75, 3.05) is 25.0 Å². The van der Waals surface area contributed by atoms with Gasteiger partial charge in [-0.05, 0) is 37.1 Å². The first-order valence-electron chi connectivity index (χ1n) is 8.87. The van der Waals surface area contributed by atoms with E-state index < -0.39 is 0 Å². The van der Waals surface area contributed by atoms with Crippen LogP contribution >= 0.6 is 15.9 Å². The molecule has 0 aromatic heterocycles. The van der Waals surface area contributed by atoms with Crippen molar-refractivity contribution in [3.05, 3.63) is 64.4 Å². The number of hydrogen-bond acceptors (Lipinski definition) is 2. The van der Waals surface area contributed by atoms with Gasteiger partial charge in [0.15, 0.2) is 5.96 Å². The summed E-state index contributed by atoms with van der Waals surface area (Å²) in [6, 6.07) is 16.0. The molecule has 1 aliphatic rings. The summed E-state index contributed by atoms with van der Waals surface area (Å²) in [7, 11) is 1.74. The van der Waals surface area contributed by atoms with Gasteiger partial charge in [-0.1, -0.05) is 40.2 Å². The van der Waals surface area contributed by atoms with E-state index in [1.54, 1.807) is 13.1 Å². The molecule has 1 heterocycles. The Morgan fingerprint density at radius 2 is 1.92 bits per heavy atom. The summed E-state index contributed by atoms with van der Waals surface area (Å²) in [5, 5.41) is 6.67. The lowest BCUT2D eigenvalue weighted by atomic mass is 10.0. The Labute approximate surface area is 162 Å². The summed E-state index contributed by atoms with van der Waals surface area (Å²) >= 11 is 3.28. The molecule has 0 unspecified atom stereocenters. The Morgan fingerprint density at radius 3 is 2.58 bits per heavy atom. The predicted octanol–water partition coefficient (Wildman–Crippen LogP) is 3.92. The second kappa shape index (κ2) is 9.03. The fraction of sp³-hybridized carbons (Fsp3) is 0.350. The lowest BCUT2D eigenvalue weighted by Gasteiger charge is -2.34. The van der Waals surface area contributed by atoms with Crippen LogP contribution in [0.4, 0.5) is 10.1 Å². The molecular weight excluding hydrogens is 395 g/mol. The Bertz CT molecular complexity index is 743. The van der Waals surface area contributed by atoms with Gasteiger partial charge in [-0.15, -0.1) is 0 Å². The lowest BCUT2D eigenvalue weighted by Crippen LogP contribution is -2.48. The highest BCUT2D eigenvalue weighted by Crippen LogP contribution is 2.19. The number of para-hydroxylation sites is 1. The number of anilines is 1. The molecule has 1 saturated heterocycles. The van der Waals surface area contributed by atoms with Crippen molar-refractivity contribution >= 4 is 27.6 Å². The third-order valence-corrected chi connectivity index (χ3v) is 5.14. The van der Waals surface area contributed by atoms with Gasteiger partial charge in [0.1, 0.15) is 5.82 Å². The minimum absolute atomic E-state index is 0.224. The Morgan fingerprint density at radius 1 is 1.19 bits per heavy atom. The number of nitrogens with one attached hydrogen (secondary N) is 2. The van der Waals surface area contributed by atoms with E-state index >= 15 is 0 Å². The normalized spacial score (nSPS) is 15.8. The fourth-order valence-corrected chi connectivity index (χ4v) is 3.49. The molecule has 3 rings (SSSR count). The second-order valence-corrected chi connectivity index (χ2v) is 7.32. The molecule has 0 atom stereocenters. The summed E-state index contributed by atoms with van der Waals surface area (Å²) in [4.78, 5) is 6.68. The molecule has 4 nitrogen and oxygen atoms in total. The molecule has 0 bridgehead atoms. The SMILES string of the molecule is CN=C(NCc1ccc(Br)cc1F)NC1CCN(c2ccccc2)CC1. The molecular formula is C20H24BrFN4. The van der Waals surface area contributed by atoms with Crippen molar-refractivity contribution in [3.8, 4) is 0 Å². The molecule has 2 aromatic carbocycles. The maximum Gasteiger partial charge on any atom is 0.191 e. The van der Waals surface area contributed by atoms with Gasteiger partial charge in [0.25, 0.3) is 0 Å². The molecule has 0 radical (unpaired) electrons. The van der Waals surface area contributed by atoms with Gasteiger partial charge < -0.3 is 15.5 Å². The highest BCUT2D eigenvalue weighted by Gasteiger charge is 2.20. The smallest absolute Gasteiger partial charge is 0.191 e. The van der Waals surface area contributed by atoms with Crippen LogP contribution in [0, 0.1) is 5.82 Å². The summed E-state index contributed by atoms with van der Waals surface area (Å²) in [5.74, 6) is 0.490. The third-order valence-electron chi connectivity index (χ3n) is 4.64. The molecule has 1 fully saturated rings. The molecule has 0 aliphatic carbocycles. The lowest BCUT2D eigenvalue weighted by molar-refractivity contribution is 0.461. The van der Waals surface area contributed by atoms with E-state index in [9.17, 15) is 4.39 Å². The van der Waals surface area contributed by atoms with Crippen molar-refractivity contribution in [3.63, 3.8) is 0 Å². The van der Waals surface area contributed by atoms with Crippen LogP contribution in [-0.2, 0) is 6.54 Å². The van der Waals surface area contributed by atoms with Crippen LogP contribution in [0.15, 0.2) is 58.0 Å². The maximum atomic E-state index is 13.9. The van der Waals surface area contributed by atoms with Gasteiger partial charge in [-0.25, -0.2) is 4.39 Å². The zero-order chi connectivity index (χ0) is 18.4. The Balaban J connectivity index is 1.48. The standard InChI is InChI=1S/C20H24BrFN4/c1-23-20(24-14-15-7-8-16(21)13-19(15)22)25-17-9-11-26(12-10-17)18-5-3-2-4-6-18/h2-8,13,17H,9-12,14H2,1H3,(H2,23,24,25). The molecule has 2 aromatic rings. The molecule has 0 amide bonds. The van der Waals surface area contributed by atoms with Crippen molar-refractivity contribution in [2.24, 2.45) is 4.99 Å². The predicted molar refractivity (Wildman–Crippen MR) is 109 cm³/mol. The Hall–Kier alpha value is -2.08. The van der Waals surface area contributed by atoms with E-state index in [1.807, 2.05) is 12.1 Å². The summed E-state index contributed by atoms with van der Waals surface area (Å²) in [5.41, 5.74) is 1.90.